The van der Waals surface area contributed by atoms with Crippen molar-refractivity contribution in [3.05, 3.63) is 36.2 Å². The molecule has 1 N–H and O–H groups in total. The first-order chi connectivity index (χ1) is 9.99. The molecule has 0 saturated carbocycles. The SMILES string of the molecule is CC(C)C(NC(=O)CCc1ccnn1C)c1nccn1C. The molecule has 0 aliphatic rings. The number of hydrogen-bond acceptors (Lipinski definition) is 3. The molecule has 21 heavy (non-hydrogen) atoms. The monoisotopic (exact) mass is 289 g/mol. The van der Waals surface area contributed by atoms with Gasteiger partial charge < -0.3 is 9.88 Å². The molecule has 2 heterocycles. The van der Waals surface area contributed by atoms with Crippen LogP contribution in [0.25, 0.3) is 0 Å². The topological polar surface area (TPSA) is 64.7 Å². The maximum Gasteiger partial charge on any atom is 0.220 e. The van der Waals surface area contributed by atoms with Gasteiger partial charge in [-0.25, -0.2) is 4.98 Å². The normalized spacial score (nSPS) is 12.6. The van der Waals surface area contributed by atoms with E-state index in [0.29, 0.717) is 12.8 Å². The van der Waals surface area contributed by atoms with E-state index in [-0.39, 0.29) is 17.9 Å². The Balaban J connectivity index is 1.96. The van der Waals surface area contributed by atoms with Gasteiger partial charge in [-0.15, -0.1) is 0 Å². The van der Waals surface area contributed by atoms with Crippen molar-refractivity contribution in [2.45, 2.75) is 32.7 Å². The molecule has 0 radical (unpaired) electrons. The van der Waals surface area contributed by atoms with E-state index in [1.165, 1.54) is 0 Å². The van der Waals surface area contributed by atoms with Gasteiger partial charge in [0.25, 0.3) is 0 Å². The van der Waals surface area contributed by atoms with E-state index in [1.807, 2.05) is 30.9 Å². The number of imidazole rings is 1. The van der Waals surface area contributed by atoms with Crippen molar-refractivity contribution in [3.63, 3.8) is 0 Å². The molecule has 0 aliphatic carbocycles. The molecular formula is C15H23N5O. The van der Waals surface area contributed by atoms with E-state index in [2.05, 4.69) is 29.2 Å². The summed E-state index contributed by atoms with van der Waals surface area (Å²) >= 11 is 0. The molecule has 0 bridgehead atoms. The Morgan fingerprint density at radius 3 is 2.62 bits per heavy atom. The van der Waals surface area contributed by atoms with Crippen LogP contribution in [0.5, 0.6) is 0 Å². The van der Waals surface area contributed by atoms with E-state index < -0.39 is 0 Å². The smallest absolute Gasteiger partial charge is 0.220 e. The molecule has 1 amide bonds. The Morgan fingerprint density at radius 2 is 2.10 bits per heavy atom. The van der Waals surface area contributed by atoms with Crippen molar-refractivity contribution >= 4 is 5.91 Å². The molecular weight excluding hydrogens is 266 g/mol. The number of amides is 1. The number of carbonyl (C=O) groups excluding carboxylic acids is 1. The Morgan fingerprint density at radius 1 is 1.33 bits per heavy atom. The van der Waals surface area contributed by atoms with Crippen LogP contribution in [-0.4, -0.2) is 25.2 Å². The van der Waals surface area contributed by atoms with Gasteiger partial charge in [0.2, 0.25) is 5.91 Å². The van der Waals surface area contributed by atoms with Gasteiger partial charge in [-0.1, -0.05) is 13.8 Å². The Kier molecular flexibility index (Phi) is 4.77. The predicted molar refractivity (Wildman–Crippen MR) is 80.5 cm³/mol. The van der Waals surface area contributed by atoms with Crippen LogP contribution in [0.1, 0.15) is 37.8 Å². The third-order valence-electron chi connectivity index (χ3n) is 3.65. The van der Waals surface area contributed by atoms with E-state index in [9.17, 15) is 4.79 Å². The van der Waals surface area contributed by atoms with Gasteiger partial charge in [0, 0.05) is 44.8 Å². The first kappa shape index (κ1) is 15.3. The van der Waals surface area contributed by atoms with E-state index in [0.717, 1.165) is 11.5 Å². The zero-order chi connectivity index (χ0) is 15.4. The number of aromatic nitrogens is 4. The number of nitrogens with one attached hydrogen (secondary N) is 1. The molecule has 0 saturated heterocycles. The second-order valence-electron chi connectivity index (χ2n) is 5.63. The Labute approximate surface area is 125 Å². The van der Waals surface area contributed by atoms with Crippen LogP contribution in [0.4, 0.5) is 0 Å². The average Bonchev–Trinajstić information content (AvgIpc) is 3.02. The van der Waals surface area contributed by atoms with Crippen molar-refractivity contribution in [1.29, 1.82) is 0 Å². The van der Waals surface area contributed by atoms with Crippen LogP contribution in [0.2, 0.25) is 0 Å². The van der Waals surface area contributed by atoms with Crippen LogP contribution in [0.3, 0.4) is 0 Å². The second-order valence-corrected chi connectivity index (χ2v) is 5.63. The van der Waals surface area contributed by atoms with Gasteiger partial charge in [-0.3, -0.25) is 9.48 Å². The number of nitrogens with zero attached hydrogens (tertiary/aromatic N) is 4. The highest BCUT2D eigenvalue weighted by Gasteiger charge is 2.21. The molecule has 1 atom stereocenters. The van der Waals surface area contributed by atoms with Gasteiger partial charge in [0.05, 0.1) is 6.04 Å². The van der Waals surface area contributed by atoms with Gasteiger partial charge in [0.15, 0.2) is 0 Å². The zero-order valence-electron chi connectivity index (χ0n) is 13.1. The van der Waals surface area contributed by atoms with Gasteiger partial charge in [0.1, 0.15) is 5.82 Å². The molecule has 114 valence electrons. The van der Waals surface area contributed by atoms with Crippen molar-refractivity contribution in [1.82, 2.24) is 24.6 Å². The third-order valence-corrected chi connectivity index (χ3v) is 3.65. The molecule has 0 fully saturated rings. The summed E-state index contributed by atoms with van der Waals surface area (Å²) in [5.74, 6) is 1.21. The fourth-order valence-corrected chi connectivity index (χ4v) is 2.34. The average molecular weight is 289 g/mol. The lowest BCUT2D eigenvalue weighted by atomic mass is 10.0. The maximum absolute atomic E-state index is 12.2. The Hall–Kier alpha value is -2.11. The molecule has 0 aliphatic heterocycles. The molecule has 0 spiro atoms. The minimum Gasteiger partial charge on any atom is -0.346 e. The number of carbonyl (C=O) groups is 1. The lowest BCUT2D eigenvalue weighted by Gasteiger charge is -2.22. The lowest BCUT2D eigenvalue weighted by Crippen LogP contribution is -2.33. The Bertz CT molecular complexity index is 599. The summed E-state index contributed by atoms with van der Waals surface area (Å²) in [5.41, 5.74) is 1.06. The molecule has 6 nitrogen and oxygen atoms in total. The van der Waals surface area contributed by atoms with Crippen LogP contribution in [0.15, 0.2) is 24.7 Å². The first-order valence-corrected chi connectivity index (χ1v) is 7.22. The minimum absolute atomic E-state index is 0.0397. The van der Waals surface area contributed by atoms with Crippen molar-refractivity contribution < 1.29 is 4.79 Å². The van der Waals surface area contributed by atoms with Crippen LogP contribution >= 0.6 is 0 Å². The molecule has 0 aromatic carbocycles. The highest BCUT2D eigenvalue weighted by molar-refractivity contribution is 5.76. The fraction of sp³-hybridized carbons (Fsp3) is 0.533. The van der Waals surface area contributed by atoms with Gasteiger partial charge in [-0.2, -0.15) is 5.10 Å². The van der Waals surface area contributed by atoms with E-state index in [1.54, 1.807) is 17.1 Å². The van der Waals surface area contributed by atoms with Gasteiger partial charge >= 0.3 is 0 Å². The summed E-state index contributed by atoms with van der Waals surface area (Å²) in [7, 11) is 3.83. The van der Waals surface area contributed by atoms with Gasteiger partial charge in [-0.05, 0) is 18.4 Å². The standard InChI is InChI=1S/C15H23N5O/c1-11(2)14(15-16-9-10-19(15)3)18-13(21)6-5-12-7-8-17-20(12)4/h7-11,14H,5-6H2,1-4H3,(H,18,21). The third kappa shape index (κ3) is 3.71. The van der Waals surface area contributed by atoms with E-state index >= 15 is 0 Å². The quantitative estimate of drug-likeness (QED) is 0.878. The lowest BCUT2D eigenvalue weighted by molar-refractivity contribution is -0.122. The van der Waals surface area contributed by atoms with E-state index in [4.69, 9.17) is 0 Å². The van der Waals surface area contributed by atoms with Crippen molar-refractivity contribution in [2.24, 2.45) is 20.0 Å². The molecule has 2 aromatic rings. The van der Waals surface area contributed by atoms with Crippen LogP contribution in [-0.2, 0) is 25.3 Å². The largest absolute Gasteiger partial charge is 0.346 e. The molecule has 1 unspecified atom stereocenters. The van der Waals surface area contributed by atoms with Crippen LogP contribution in [0, 0.1) is 5.92 Å². The first-order valence-electron chi connectivity index (χ1n) is 7.22. The molecule has 2 rings (SSSR count). The summed E-state index contributed by atoms with van der Waals surface area (Å²) in [6, 6.07) is 1.87. The summed E-state index contributed by atoms with van der Waals surface area (Å²) in [6.07, 6.45) is 6.54. The zero-order valence-corrected chi connectivity index (χ0v) is 13.1. The molecule has 6 heteroatoms. The maximum atomic E-state index is 12.2. The number of aryl methyl sites for hydroxylation is 3. The number of hydrogen-bond donors (Lipinski definition) is 1. The predicted octanol–water partition coefficient (Wildman–Crippen LogP) is 1.60. The minimum atomic E-state index is -0.0657. The fourth-order valence-electron chi connectivity index (χ4n) is 2.34. The highest BCUT2D eigenvalue weighted by atomic mass is 16.1. The highest BCUT2D eigenvalue weighted by Crippen LogP contribution is 2.19. The molecule has 2 aromatic heterocycles. The van der Waals surface area contributed by atoms with Crippen molar-refractivity contribution in [3.8, 4) is 0 Å². The van der Waals surface area contributed by atoms with Crippen LogP contribution < -0.4 is 5.32 Å². The summed E-state index contributed by atoms with van der Waals surface area (Å²) in [5, 5.41) is 7.20. The number of rotatable bonds is 6. The summed E-state index contributed by atoms with van der Waals surface area (Å²) in [4.78, 5) is 16.5. The van der Waals surface area contributed by atoms with Crippen molar-refractivity contribution in [2.75, 3.05) is 0 Å². The summed E-state index contributed by atoms with van der Waals surface area (Å²) < 4.78 is 3.75. The summed E-state index contributed by atoms with van der Waals surface area (Å²) in [6.45, 7) is 4.17. The second kappa shape index (κ2) is 6.56.